The summed E-state index contributed by atoms with van der Waals surface area (Å²) >= 11 is 0. The third-order valence-corrected chi connectivity index (χ3v) is 6.17. The minimum atomic E-state index is -0.601. The first-order valence-electron chi connectivity index (χ1n) is 10.7. The fourth-order valence-electron chi connectivity index (χ4n) is 4.48. The van der Waals surface area contributed by atoms with E-state index in [4.69, 9.17) is 0 Å². The van der Waals surface area contributed by atoms with Crippen LogP contribution in [-0.2, 0) is 6.42 Å². The summed E-state index contributed by atoms with van der Waals surface area (Å²) in [6.07, 6.45) is 2.94. The lowest BCUT2D eigenvalue weighted by atomic mass is 9.75. The number of hydrogen-bond acceptors (Lipinski definition) is 4. The highest BCUT2D eigenvalue weighted by Crippen LogP contribution is 2.33. The second kappa shape index (κ2) is 7.80. The highest BCUT2D eigenvalue weighted by molar-refractivity contribution is 6.08. The molecule has 7 heteroatoms. The molecule has 162 valence electrons. The number of Topliss-reactive ketones (excluding diaryl/α,β-unsaturated/α-hetero) is 1. The van der Waals surface area contributed by atoms with Crippen LogP contribution >= 0.6 is 0 Å². The molecule has 0 unspecified atom stereocenters. The Kier molecular flexibility index (Phi) is 5.29. The van der Waals surface area contributed by atoms with E-state index in [2.05, 4.69) is 10.3 Å². The number of benzene rings is 1. The zero-order valence-corrected chi connectivity index (χ0v) is 18.1. The summed E-state index contributed by atoms with van der Waals surface area (Å²) in [7, 11) is 0. The maximum atomic E-state index is 12.9. The molecule has 2 amide bonds. The van der Waals surface area contributed by atoms with Crippen molar-refractivity contribution in [3.8, 4) is 0 Å². The largest absolute Gasteiger partial charge is 0.339 e. The first-order chi connectivity index (χ1) is 14.7. The van der Waals surface area contributed by atoms with Gasteiger partial charge in [0.25, 0.3) is 17.4 Å². The van der Waals surface area contributed by atoms with E-state index >= 15 is 0 Å². The number of amides is 2. The Morgan fingerprint density at radius 1 is 1.06 bits per heavy atom. The van der Waals surface area contributed by atoms with Crippen LogP contribution in [0.25, 0.3) is 0 Å². The molecule has 4 rings (SSSR count). The number of carbonyl (C=O) groups is 3. The van der Waals surface area contributed by atoms with Crippen LogP contribution in [0.15, 0.2) is 29.1 Å². The van der Waals surface area contributed by atoms with Gasteiger partial charge in [0.05, 0.1) is 0 Å². The number of nitrogens with zero attached hydrogens (tertiary/aromatic N) is 1. The number of carbonyl (C=O) groups excluding carboxylic acids is 3. The van der Waals surface area contributed by atoms with Gasteiger partial charge in [-0.2, -0.15) is 0 Å². The number of likely N-dealkylation sites (tertiary alicyclic amines) is 1. The zero-order chi connectivity index (χ0) is 22.3. The van der Waals surface area contributed by atoms with Crippen molar-refractivity contribution in [2.75, 3.05) is 18.4 Å². The minimum Gasteiger partial charge on any atom is -0.339 e. The standard InChI is InChI=1S/C24H27N3O4/c1-14-15(23(31)27-9-4-5-10-27)7-6-8-18(14)25-21(29)17-11-16-19(26-22(17)30)12-24(2,3)13-20(16)28/h6-8,11H,4-5,9-10,12-13H2,1-3H3,(H,25,29)(H,26,30). The molecule has 0 radical (unpaired) electrons. The van der Waals surface area contributed by atoms with Crippen molar-refractivity contribution in [1.82, 2.24) is 9.88 Å². The number of aromatic nitrogens is 1. The summed E-state index contributed by atoms with van der Waals surface area (Å²) in [5, 5.41) is 2.75. The van der Waals surface area contributed by atoms with E-state index < -0.39 is 11.5 Å². The summed E-state index contributed by atoms with van der Waals surface area (Å²) < 4.78 is 0. The molecule has 2 aromatic rings. The first kappa shape index (κ1) is 21.0. The third kappa shape index (κ3) is 4.04. The van der Waals surface area contributed by atoms with Gasteiger partial charge in [0.1, 0.15) is 5.56 Å². The highest BCUT2D eigenvalue weighted by atomic mass is 16.2. The van der Waals surface area contributed by atoms with Crippen LogP contribution in [0.1, 0.15) is 75.4 Å². The van der Waals surface area contributed by atoms with Gasteiger partial charge in [0.15, 0.2) is 5.78 Å². The molecule has 31 heavy (non-hydrogen) atoms. The smallest absolute Gasteiger partial charge is 0.261 e. The van der Waals surface area contributed by atoms with E-state index in [0.717, 1.165) is 25.9 Å². The maximum absolute atomic E-state index is 12.9. The Balaban J connectivity index is 1.62. The number of fused-ring (bicyclic) bond motifs is 1. The second-order valence-corrected chi connectivity index (χ2v) is 9.28. The predicted molar refractivity (Wildman–Crippen MR) is 118 cm³/mol. The van der Waals surface area contributed by atoms with Crippen LogP contribution in [-0.4, -0.2) is 40.6 Å². The lowest BCUT2D eigenvalue weighted by Gasteiger charge is -2.29. The van der Waals surface area contributed by atoms with Crippen LogP contribution in [0.5, 0.6) is 0 Å². The molecule has 0 atom stereocenters. The number of rotatable bonds is 3. The van der Waals surface area contributed by atoms with Gasteiger partial charge in [-0.15, -0.1) is 0 Å². The highest BCUT2D eigenvalue weighted by Gasteiger charge is 2.33. The lowest BCUT2D eigenvalue weighted by molar-refractivity contribution is 0.0791. The van der Waals surface area contributed by atoms with Crippen LogP contribution < -0.4 is 10.9 Å². The Labute approximate surface area is 180 Å². The molecule has 1 aromatic carbocycles. The number of pyridine rings is 1. The number of H-pyrrole nitrogens is 1. The Hall–Kier alpha value is -3.22. The Morgan fingerprint density at radius 3 is 2.48 bits per heavy atom. The number of ketones is 1. The number of nitrogens with one attached hydrogen (secondary N) is 2. The molecule has 0 bridgehead atoms. The monoisotopic (exact) mass is 421 g/mol. The fraction of sp³-hybridized carbons (Fsp3) is 0.417. The van der Waals surface area contributed by atoms with Crippen molar-refractivity contribution in [2.24, 2.45) is 5.41 Å². The molecular weight excluding hydrogens is 394 g/mol. The molecule has 1 saturated heterocycles. The molecule has 2 heterocycles. The molecule has 2 N–H and O–H groups in total. The van der Waals surface area contributed by atoms with E-state index in [1.807, 2.05) is 18.7 Å². The van der Waals surface area contributed by atoms with E-state index in [-0.39, 0.29) is 22.7 Å². The van der Waals surface area contributed by atoms with E-state index in [9.17, 15) is 19.2 Å². The van der Waals surface area contributed by atoms with Gasteiger partial charge >= 0.3 is 0 Å². The Bertz CT molecular complexity index is 1140. The summed E-state index contributed by atoms with van der Waals surface area (Å²) in [5.41, 5.74) is 1.79. The molecule has 1 aromatic heterocycles. The Morgan fingerprint density at radius 2 is 1.77 bits per heavy atom. The fourth-order valence-corrected chi connectivity index (χ4v) is 4.48. The lowest BCUT2D eigenvalue weighted by Crippen LogP contribution is -2.33. The van der Waals surface area contributed by atoms with Gasteiger partial charge < -0.3 is 15.2 Å². The minimum absolute atomic E-state index is 0.0501. The summed E-state index contributed by atoms with van der Waals surface area (Å²) in [6.45, 7) is 7.22. The molecule has 0 saturated carbocycles. The number of aromatic amines is 1. The van der Waals surface area contributed by atoms with Crippen LogP contribution in [0.2, 0.25) is 0 Å². The molecular formula is C24H27N3O4. The molecule has 1 fully saturated rings. The van der Waals surface area contributed by atoms with Gasteiger partial charge in [-0.1, -0.05) is 19.9 Å². The third-order valence-electron chi connectivity index (χ3n) is 6.17. The van der Waals surface area contributed by atoms with E-state index in [0.29, 0.717) is 40.9 Å². The normalized spacial score (nSPS) is 17.4. The maximum Gasteiger partial charge on any atom is 0.261 e. The topological polar surface area (TPSA) is 99.3 Å². The van der Waals surface area contributed by atoms with Crippen LogP contribution in [0.4, 0.5) is 5.69 Å². The number of hydrogen-bond donors (Lipinski definition) is 2. The average molecular weight is 421 g/mol. The van der Waals surface area contributed by atoms with Gasteiger partial charge in [0, 0.05) is 42.0 Å². The predicted octanol–water partition coefficient (Wildman–Crippen LogP) is 3.33. The van der Waals surface area contributed by atoms with Crippen molar-refractivity contribution in [2.45, 2.75) is 46.5 Å². The average Bonchev–Trinajstić information content (AvgIpc) is 3.22. The van der Waals surface area contributed by atoms with Crippen molar-refractivity contribution < 1.29 is 14.4 Å². The van der Waals surface area contributed by atoms with Crippen molar-refractivity contribution in [1.29, 1.82) is 0 Å². The molecule has 2 aliphatic rings. The molecule has 1 aliphatic carbocycles. The summed E-state index contributed by atoms with van der Waals surface area (Å²) in [4.78, 5) is 55.4. The molecule has 1 aliphatic heterocycles. The van der Waals surface area contributed by atoms with E-state index in [1.165, 1.54) is 6.07 Å². The van der Waals surface area contributed by atoms with Gasteiger partial charge in [-0.3, -0.25) is 19.2 Å². The SMILES string of the molecule is Cc1c(NC(=O)c2cc3c([nH]c2=O)CC(C)(C)CC3=O)cccc1C(=O)N1CCCC1. The quantitative estimate of drug-likeness (QED) is 0.794. The van der Waals surface area contributed by atoms with Gasteiger partial charge in [-0.05, 0) is 55.4 Å². The van der Waals surface area contributed by atoms with Crippen LogP contribution in [0.3, 0.4) is 0 Å². The molecule has 7 nitrogen and oxygen atoms in total. The molecule has 0 spiro atoms. The second-order valence-electron chi connectivity index (χ2n) is 9.28. The van der Waals surface area contributed by atoms with Crippen molar-refractivity contribution in [3.63, 3.8) is 0 Å². The van der Waals surface area contributed by atoms with Crippen molar-refractivity contribution >= 4 is 23.3 Å². The zero-order valence-electron chi connectivity index (χ0n) is 18.1. The van der Waals surface area contributed by atoms with E-state index in [1.54, 1.807) is 25.1 Å². The first-order valence-corrected chi connectivity index (χ1v) is 10.7. The number of anilines is 1. The summed E-state index contributed by atoms with van der Waals surface area (Å²) in [6, 6.07) is 6.57. The summed E-state index contributed by atoms with van der Waals surface area (Å²) in [5.74, 6) is -0.729. The van der Waals surface area contributed by atoms with Crippen LogP contribution in [0, 0.1) is 12.3 Å². The van der Waals surface area contributed by atoms with Gasteiger partial charge in [-0.25, -0.2) is 0 Å². The van der Waals surface area contributed by atoms with Gasteiger partial charge in [0.2, 0.25) is 0 Å². The van der Waals surface area contributed by atoms with Crippen molar-refractivity contribution in [3.05, 3.63) is 62.6 Å².